The Balaban J connectivity index is 1.47. The molecule has 0 saturated carbocycles. The molecule has 1 aliphatic heterocycles. The second-order valence-electron chi connectivity index (χ2n) is 6.70. The first kappa shape index (κ1) is 18.7. The molecule has 3 heterocycles. The lowest BCUT2D eigenvalue weighted by Crippen LogP contribution is -2.48. The van der Waals surface area contributed by atoms with Gasteiger partial charge in [0.15, 0.2) is 5.76 Å². The fraction of sp³-hybridized carbons (Fsp3) is 0.368. The molecule has 0 spiro atoms. The summed E-state index contributed by atoms with van der Waals surface area (Å²) in [7, 11) is -3.71. The average Bonchev–Trinajstić information content (AvgIpc) is 3.37. The van der Waals surface area contributed by atoms with E-state index < -0.39 is 10.0 Å². The lowest BCUT2D eigenvalue weighted by Gasteiger charge is -2.35. The summed E-state index contributed by atoms with van der Waals surface area (Å²) in [6, 6.07) is 11.2. The molecule has 9 heteroatoms. The molecule has 28 heavy (non-hydrogen) atoms. The maximum Gasteiger partial charge on any atom is 0.283 e. The molecule has 4 rings (SSSR count). The third-order valence-electron chi connectivity index (χ3n) is 4.76. The summed E-state index contributed by atoms with van der Waals surface area (Å²) in [6.07, 6.45) is 0.601. The van der Waals surface area contributed by atoms with E-state index >= 15 is 0 Å². The zero-order valence-electron chi connectivity index (χ0n) is 15.8. The van der Waals surface area contributed by atoms with Crippen LogP contribution >= 0.6 is 0 Å². The fourth-order valence-corrected chi connectivity index (χ4v) is 4.54. The van der Waals surface area contributed by atoms with Crippen molar-refractivity contribution in [3.8, 4) is 11.7 Å². The monoisotopic (exact) mass is 402 g/mol. The van der Waals surface area contributed by atoms with Gasteiger partial charge in [-0.25, -0.2) is 8.42 Å². The van der Waals surface area contributed by atoms with Gasteiger partial charge in [0.1, 0.15) is 0 Å². The Morgan fingerprint density at radius 1 is 1.04 bits per heavy atom. The lowest BCUT2D eigenvalue weighted by atomic mass is 10.2. The van der Waals surface area contributed by atoms with Crippen LogP contribution < -0.4 is 4.90 Å². The van der Waals surface area contributed by atoms with Crippen LogP contribution in [-0.4, -0.2) is 49.1 Å². The highest BCUT2D eigenvalue weighted by Crippen LogP contribution is 2.27. The van der Waals surface area contributed by atoms with E-state index in [0.29, 0.717) is 38.5 Å². The van der Waals surface area contributed by atoms with Crippen molar-refractivity contribution in [3.63, 3.8) is 0 Å². The third-order valence-corrected chi connectivity index (χ3v) is 6.53. The highest BCUT2D eigenvalue weighted by Gasteiger charge is 2.31. The molecule has 1 aliphatic rings. The van der Waals surface area contributed by atoms with Crippen LogP contribution in [-0.2, 0) is 16.4 Å². The molecule has 0 bridgehead atoms. The van der Waals surface area contributed by atoms with E-state index in [0.717, 1.165) is 5.69 Å². The van der Waals surface area contributed by atoms with Crippen molar-refractivity contribution in [1.82, 2.24) is 14.5 Å². The first-order valence-corrected chi connectivity index (χ1v) is 10.7. The van der Waals surface area contributed by atoms with Gasteiger partial charge in [-0.15, -0.1) is 10.2 Å². The molecule has 1 fully saturated rings. The molecular formula is C19H22N4O4S. The van der Waals surface area contributed by atoms with E-state index in [2.05, 4.69) is 21.2 Å². The van der Waals surface area contributed by atoms with Crippen LogP contribution in [0.4, 0.5) is 5.69 Å². The van der Waals surface area contributed by atoms with Gasteiger partial charge < -0.3 is 13.7 Å². The number of hydrogen-bond acceptors (Lipinski definition) is 7. The molecule has 0 aliphatic carbocycles. The largest absolute Gasteiger partial charge is 0.438 e. The molecule has 0 radical (unpaired) electrons. The minimum atomic E-state index is -3.71. The molecule has 2 aromatic heterocycles. The third kappa shape index (κ3) is 3.55. The molecule has 0 amide bonds. The van der Waals surface area contributed by atoms with Crippen LogP contribution in [0.2, 0.25) is 0 Å². The molecular weight excluding hydrogens is 380 g/mol. The van der Waals surface area contributed by atoms with E-state index in [9.17, 15) is 8.42 Å². The van der Waals surface area contributed by atoms with Crippen molar-refractivity contribution in [2.75, 3.05) is 31.1 Å². The van der Waals surface area contributed by atoms with E-state index in [1.807, 2.05) is 32.0 Å². The second-order valence-corrected chi connectivity index (χ2v) is 8.57. The summed E-state index contributed by atoms with van der Waals surface area (Å²) in [5.41, 5.74) is 2.29. The van der Waals surface area contributed by atoms with Gasteiger partial charge in [0.05, 0.1) is 0 Å². The smallest absolute Gasteiger partial charge is 0.283 e. The fourth-order valence-electron chi connectivity index (χ4n) is 3.21. The zero-order chi connectivity index (χ0) is 19.7. The Kier molecular flexibility index (Phi) is 4.94. The number of sulfonamides is 1. The second kappa shape index (κ2) is 7.40. The summed E-state index contributed by atoms with van der Waals surface area (Å²) in [6.45, 7) is 5.98. The van der Waals surface area contributed by atoms with Crippen LogP contribution in [0.3, 0.4) is 0 Å². The maximum atomic E-state index is 12.9. The number of aryl methyl sites for hydroxylation is 2. The molecule has 148 valence electrons. The Morgan fingerprint density at radius 2 is 1.82 bits per heavy atom. The molecule has 1 saturated heterocycles. The standard InChI is InChI=1S/C19H22N4O4S/c1-3-17-20-21-19(27-17)16-7-8-18(26-16)28(24,25)23-11-9-22(10-12-23)15-6-4-5-14(2)13-15/h4-8,13H,3,9-12H2,1-2H3. The van der Waals surface area contributed by atoms with Gasteiger partial charge in [-0.3, -0.25) is 0 Å². The summed E-state index contributed by atoms with van der Waals surface area (Å²) >= 11 is 0. The summed E-state index contributed by atoms with van der Waals surface area (Å²) in [5, 5.41) is 7.66. The van der Waals surface area contributed by atoms with Crippen LogP contribution in [0.5, 0.6) is 0 Å². The summed E-state index contributed by atoms with van der Waals surface area (Å²) < 4.78 is 38.3. The van der Waals surface area contributed by atoms with Gasteiger partial charge in [0.25, 0.3) is 15.9 Å². The topological polar surface area (TPSA) is 92.7 Å². The molecule has 0 atom stereocenters. The summed E-state index contributed by atoms with van der Waals surface area (Å²) in [4.78, 5) is 2.19. The van der Waals surface area contributed by atoms with E-state index in [1.165, 1.54) is 15.9 Å². The van der Waals surface area contributed by atoms with Gasteiger partial charge in [-0.05, 0) is 36.8 Å². The van der Waals surface area contributed by atoms with Crippen molar-refractivity contribution in [2.24, 2.45) is 0 Å². The van der Waals surface area contributed by atoms with Crippen LogP contribution in [0.25, 0.3) is 11.7 Å². The molecule has 1 aromatic carbocycles. The van der Waals surface area contributed by atoms with Gasteiger partial charge >= 0.3 is 0 Å². The van der Waals surface area contributed by atoms with Crippen LogP contribution in [0.15, 0.2) is 50.3 Å². The van der Waals surface area contributed by atoms with Crippen molar-refractivity contribution in [3.05, 3.63) is 47.9 Å². The number of aromatic nitrogens is 2. The van der Waals surface area contributed by atoms with Gasteiger partial charge in [-0.1, -0.05) is 19.1 Å². The van der Waals surface area contributed by atoms with Crippen LogP contribution in [0, 0.1) is 6.92 Å². The van der Waals surface area contributed by atoms with Gasteiger partial charge in [0.2, 0.25) is 11.0 Å². The molecule has 0 N–H and O–H groups in total. The first-order chi connectivity index (χ1) is 13.5. The number of rotatable bonds is 5. The number of piperazine rings is 1. The minimum Gasteiger partial charge on any atom is -0.438 e. The predicted molar refractivity (Wildman–Crippen MR) is 104 cm³/mol. The highest BCUT2D eigenvalue weighted by atomic mass is 32.2. The number of hydrogen-bond donors (Lipinski definition) is 0. The maximum absolute atomic E-state index is 12.9. The van der Waals surface area contributed by atoms with E-state index in [1.54, 1.807) is 6.07 Å². The first-order valence-electron chi connectivity index (χ1n) is 9.21. The van der Waals surface area contributed by atoms with Crippen molar-refractivity contribution < 1.29 is 17.3 Å². The number of benzene rings is 1. The van der Waals surface area contributed by atoms with Crippen molar-refractivity contribution >= 4 is 15.7 Å². The predicted octanol–water partition coefficient (Wildman–Crippen LogP) is 2.71. The molecule has 0 unspecified atom stereocenters. The zero-order valence-corrected chi connectivity index (χ0v) is 16.6. The lowest BCUT2D eigenvalue weighted by molar-refractivity contribution is 0.361. The quantitative estimate of drug-likeness (QED) is 0.648. The van der Waals surface area contributed by atoms with Gasteiger partial charge in [0, 0.05) is 38.3 Å². The number of nitrogens with zero attached hydrogens (tertiary/aromatic N) is 4. The number of furan rings is 1. The molecule has 8 nitrogen and oxygen atoms in total. The Bertz CT molecular complexity index is 1070. The van der Waals surface area contributed by atoms with E-state index in [-0.39, 0.29) is 16.7 Å². The van der Waals surface area contributed by atoms with Crippen molar-refractivity contribution in [2.45, 2.75) is 25.4 Å². The Labute approximate surface area is 163 Å². The van der Waals surface area contributed by atoms with Crippen LogP contribution in [0.1, 0.15) is 18.4 Å². The van der Waals surface area contributed by atoms with Crippen molar-refractivity contribution in [1.29, 1.82) is 0 Å². The SMILES string of the molecule is CCc1nnc(-c2ccc(S(=O)(=O)N3CCN(c4cccc(C)c4)CC3)o2)o1. The number of anilines is 1. The average molecular weight is 402 g/mol. The highest BCUT2D eigenvalue weighted by molar-refractivity contribution is 7.89. The minimum absolute atomic E-state index is 0.109. The Hall–Kier alpha value is -2.65. The van der Waals surface area contributed by atoms with Gasteiger partial charge in [-0.2, -0.15) is 4.31 Å². The summed E-state index contributed by atoms with van der Waals surface area (Å²) in [5.74, 6) is 0.912. The normalized spacial score (nSPS) is 15.9. The van der Waals surface area contributed by atoms with E-state index in [4.69, 9.17) is 8.83 Å². The molecule has 3 aromatic rings. The Morgan fingerprint density at radius 3 is 2.50 bits per heavy atom.